The minimum absolute atomic E-state index is 0.147. The average molecular weight is 275 g/mol. The summed E-state index contributed by atoms with van der Waals surface area (Å²) in [7, 11) is -3.10. The SMILES string of the molecule is CCOP(=O)(Cc1coc(C(C)(C)C)n1)OCC. The Kier molecular flexibility index (Phi) is 5.14. The van der Waals surface area contributed by atoms with Crippen molar-refractivity contribution < 1.29 is 18.0 Å². The van der Waals surface area contributed by atoms with Crippen LogP contribution >= 0.6 is 7.60 Å². The van der Waals surface area contributed by atoms with Crippen LogP contribution in [0.4, 0.5) is 0 Å². The van der Waals surface area contributed by atoms with Crippen molar-refractivity contribution in [2.45, 2.75) is 46.2 Å². The van der Waals surface area contributed by atoms with Gasteiger partial charge in [-0.15, -0.1) is 0 Å². The van der Waals surface area contributed by atoms with E-state index in [4.69, 9.17) is 13.5 Å². The lowest BCUT2D eigenvalue weighted by Gasteiger charge is -2.15. The zero-order chi connectivity index (χ0) is 13.8. The largest absolute Gasteiger partial charge is 0.448 e. The molecule has 0 bridgehead atoms. The van der Waals surface area contributed by atoms with Crippen molar-refractivity contribution in [3.63, 3.8) is 0 Å². The van der Waals surface area contributed by atoms with Crippen LogP contribution in [0, 0.1) is 0 Å². The van der Waals surface area contributed by atoms with Crippen molar-refractivity contribution >= 4 is 7.60 Å². The fraction of sp³-hybridized carbons (Fsp3) is 0.750. The molecule has 0 spiro atoms. The Labute approximate surface area is 108 Å². The Hall–Kier alpha value is -0.640. The highest BCUT2D eigenvalue weighted by Gasteiger charge is 2.27. The minimum atomic E-state index is -3.10. The summed E-state index contributed by atoms with van der Waals surface area (Å²) < 4.78 is 28.1. The fourth-order valence-electron chi connectivity index (χ4n) is 1.44. The molecule has 0 N–H and O–H groups in total. The molecule has 0 radical (unpaired) electrons. The van der Waals surface area contributed by atoms with Gasteiger partial charge in [-0.2, -0.15) is 0 Å². The highest BCUT2D eigenvalue weighted by molar-refractivity contribution is 7.53. The maximum absolute atomic E-state index is 12.3. The molecule has 0 saturated carbocycles. The molecule has 1 aromatic heterocycles. The highest BCUT2D eigenvalue weighted by atomic mass is 31.2. The lowest BCUT2D eigenvalue weighted by molar-refractivity contribution is 0.219. The van der Waals surface area contributed by atoms with Gasteiger partial charge in [-0.25, -0.2) is 4.98 Å². The molecule has 0 unspecified atom stereocenters. The Morgan fingerprint density at radius 1 is 1.28 bits per heavy atom. The summed E-state index contributed by atoms with van der Waals surface area (Å²) in [5.74, 6) is 0.622. The third-order valence-corrected chi connectivity index (χ3v) is 4.22. The average Bonchev–Trinajstić information content (AvgIpc) is 2.65. The van der Waals surface area contributed by atoms with E-state index in [2.05, 4.69) is 4.98 Å². The quantitative estimate of drug-likeness (QED) is 0.740. The molecule has 1 aromatic rings. The van der Waals surface area contributed by atoms with E-state index < -0.39 is 7.60 Å². The molecule has 0 amide bonds. The molecule has 1 rings (SSSR count). The predicted octanol–water partition coefficient (Wildman–Crippen LogP) is 3.74. The molecule has 18 heavy (non-hydrogen) atoms. The van der Waals surface area contributed by atoms with Gasteiger partial charge in [0.15, 0.2) is 5.89 Å². The molecule has 0 aliphatic rings. The zero-order valence-corrected chi connectivity index (χ0v) is 12.6. The van der Waals surface area contributed by atoms with Gasteiger partial charge in [0.2, 0.25) is 0 Å². The van der Waals surface area contributed by atoms with Crippen molar-refractivity contribution in [2.75, 3.05) is 13.2 Å². The molecule has 6 heteroatoms. The number of aromatic nitrogens is 1. The van der Waals surface area contributed by atoms with E-state index in [0.29, 0.717) is 24.8 Å². The Balaban J connectivity index is 2.82. The highest BCUT2D eigenvalue weighted by Crippen LogP contribution is 2.51. The monoisotopic (exact) mass is 275 g/mol. The normalized spacial score (nSPS) is 12.9. The van der Waals surface area contributed by atoms with Crippen LogP contribution < -0.4 is 0 Å². The predicted molar refractivity (Wildman–Crippen MR) is 69.8 cm³/mol. The summed E-state index contributed by atoms with van der Waals surface area (Å²) in [6.45, 7) is 10.3. The molecule has 0 atom stereocenters. The van der Waals surface area contributed by atoms with Gasteiger partial charge >= 0.3 is 7.60 Å². The molecule has 0 aliphatic carbocycles. The topological polar surface area (TPSA) is 61.6 Å². The Bertz CT molecular complexity index is 412. The van der Waals surface area contributed by atoms with Crippen LogP contribution in [0.5, 0.6) is 0 Å². The van der Waals surface area contributed by atoms with Crippen LogP contribution in [-0.4, -0.2) is 18.2 Å². The van der Waals surface area contributed by atoms with Crippen LogP contribution in [-0.2, 0) is 25.2 Å². The summed E-state index contributed by atoms with van der Waals surface area (Å²) in [6.07, 6.45) is 1.67. The smallest absolute Gasteiger partial charge is 0.336 e. The Morgan fingerprint density at radius 2 is 1.83 bits per heavy atom. The Morgan fingerprint density at radius 3 is 2.22 bits per heavy atom. The lowest BCUT2D eigenvalue weighted by Crippen LogP contribution is -2.11. The second-order valence-corrected chi connectivity index (χ2v) is 7.05. The first kappa shape index (κ1) is 15.4. The molecule has 0 aliphatic heterocycles. The summed E-state index contributed by atoms with van der Waals surface area (Å²) in [5.41, 5.74) is 0.435. The second kappa shape index (κ2) is 6.00. The van der Waals surface area contributed by atoms with Gasteiger partial charge in [-0.05, 0) is 13.8 Å². The molecule has 0 saturated heterocycles. The summed E-state index contributed by atoms with van der Waals surface area (Å²) in [5, 5.41) is 0. The third kappa shape index (κ3) is 4.23. The molecular weight excluding hydrogens is 253 g/mol. The van der Waals surface area contributed by atoms with Gasteiger partial charge in [-0.1, -0.05) is 20.8 Å². The first-order valence-electron chi connectivity index (χ1n) is 6.13. The van der Waals surface area contributed by atoms with Gasteiger partial charge in [0.05, 0.1) is 25.1 Å². The first-order chi connectivity index (χ1) is 8.30. The molecule has 0 fully saturated rings. The van der Waals surface area contributed by atoms with Crippen molar-refractivity contribution in [3.05, 3.63) is 17.8 Å². The number of hydrogen-bond acceptors (Lipinski definition) is 5. The van der Waals surface area contributed by atoms with E-state index in [0.717, 1.165) is 0 Å². The van der Waals surface area contributed by atoms with Gasteiger partial charge in [0, 0.05) is 5.41 Å². The molecule has 0 aromatic carbocycles. The van der Waals surface area contributed by atoms with Crippen LogP contribution in [0.2, 0.25) is 0 Å². The standard InChI is InChI=1S/C12H22NO4P/c1-6-16-18(14,17-7-2)9-10-8-15-11(13-10)12(3,4)5/h8H,6-7,9H2,1-5H3. The van der Waals surface area contributed by atoms with Gasteiger partial charge in [-0.3, -0.25) is 4.57 Å². The van der Waals surface area contributed by atoms with E-state index in [1.807, 2.05) is 20.8 Å². The molecule has 104 valence electrons. The summed E-state index contributed by atoms with van der Waals surface area (Å²) >= 11 is 0. The number of hydrogen-bond donors (Lipinski definition) is 0. The number of rotatable bonds is 6. The molecular formula is C12H22NO4P. The van der Waals surface area contributed by atoms with E-state index in [1.54, 1.807) is 13.8 Å². The van der Waals surface area contributed by atoms with Crippen LogP contribution in [0.25, 0.3) is 0 Å². The minimum Gasteiger partial charge on any atom is -0.448 e. The lowest BCUT2D eigenvalue weighted by atomic mass is 9.97. The van der Waals surface area contributed by atoms with Gasteiger partial charge in [0.1, 0.15) is 6.26 Å². The van der Waals surface area contributed by atoms with Crippen molar-refractivity contribution in [1.29, 1.82) is 0 Å². The van der Waals surface area contributed by atoms with Crippen LogP contribution in [0.1, 0.15) is 46.2 Å². The number of nitrogens with zero attached hydrogens (tertiary/aromatic N) is 1. The van der Waals surface area contributed by atoms with Crippen molar-refractivity contribution in [1.82, 2.24) is 4.98 Å². The van der Waals surface area contributed by atoms with E-state index in [-0.39, 0.29) is 11.6 Å². The third-order valence-electron chi connectivity index (χ3n) is 2.20. The van der Waals surface area contributed by atoms with Gasteiger partial charge in [0.25, 0.3) is 0 Å². The van der Waals surface area contributed by atoms with E-state index in [1.165, 1.54) is 6.26 Å². The maximum atomic E-state index is 12.3. The molecule has 5 nitrogen and oxygen atoms in total. The van der Waals surface area contributed by atoms with Crippen molar-refractivity contribution in [3.8, 4) is 0 Å². The summed E-state index contributed by atoms with van der Waals surface area (Å²) in [6, 6.07) is 0. The van der Waals surface area contributed by atoms with Crippen LogP contribution in [0.3, 0.4) is 0 Å². The summed E-state index contributed by atoms with van der Waals surface area (Å²) in [4.78, 5) is 4.33. The zero-order valence-electron chi connectivity index (χ0n) is 11.7. The second-order valence-electron chi connectivity index (χ2n) is 5.00. The van der Waals surface area contributed by atoms with Crippen LogP contribution in [0.15, 0.2) is 10.7 Å². The number of oxazole rings is 1. The van der Waals surface area contributed by atoms with E-state index in [9.17, 15) is 4.57 Å². The first-order valence-corrected chi connectivity index (χ1v) is 7.86. The van der Waals surface area contributed by atoms with Crippen molar-refractivity contribution in [2.24, 2.45) is 0 Å². The maximum Gasteiger partial charge on any atom is 0.336 e. The van der Waals surface area contributed by atoms with Gasteiger partial charge < -0.3 is 13.5 Å². The molecule has 1 heterocycles. The fourth-order valence-corrected chi connectivity index (χ4v) is 3.03. The van der Waals surface area contributed by atoms with E-state index >= 15 is 0 Å².